The lowest BCUT2D eigenvalue weighted by Gasteiger charge is -2.11. The summed E-state index contributed by atoms with van der Waals surface area (Å²) in [6, 6.07) is 6.55. The molecule has 1 aromatic carbocycles. The van der Waals surface area contributed by atoms with E-state index < -0.39 is 11.2 Å². The van der Waals surface area contributed by atoms with Crippen LogP contribution in [0.25, 0.3) is 0 Å². The number of hydrogen-bond donors (Lipinski definition) is 0. The molecule has 0 N–H and O–H groups in total. The van der Waals surface area contributed by atoms with Gasteiger partial charge in [0.15, 0.2) is 11.6 Å². The Morgan fingerprint density at radius 2 is 1.89 bits per heavy atom. The molecule has 1 aromatic heterocycles. The lowest BCUT2D eigenvalue weighted by Crippen LogP contribution is -1.96. The molecule has 2 rings (SSSR count). The zero-order valence-electron chi connectivity index (χ0n) is 9.94. The lowest BCUT2D eigenvalue weighted by atomic mass is 10.1. The molecule has 2 aromatic rings. The minimum absolute atomic E-state index is 0.209. The molecule has 1 heterocycles. The number of methoxy groups -OCH3 is 2. The van der Waals surface area contributed by atoms with E-state index in [9.17, 15) is 4.39 Å². The quantitative estimate of drug-likeness (QED) is 0.783. The van der Waals surface area contributed by atoms with Gasteiger partial charge in [-0.25, -0.2) is 4.39 Å². The second kappa shape index (κ2) is 5.59. The molecular weight excluding hydrogens is 275 g/mol. The maximum atomic E-state index is 13.6. The van der Waals surface area contributed by atoms with Crippen LogP contribution in [0.3, 0.4) is 0 Å². The summed E-state index contributed by atoms with van der Waals surface area (Å²) in [5.74, 6) is 0.508. The fourth-order valence-electron chi connectivity index (χ4n) is 1.65. The van der Waals surface area contributed by atoms with Crippen LogP contribution in [0.1, 0.15) is 15.8 Å². The van der Waals surface area contributed by atoms with Crippen molar-refractivity contribution in [2.75, 3.05) is 14.2 Å². The normalized spacial score (nSPS) is 12.2. The Morgan fingerprint density at radius 1 is 1.17 bits per heavy atom. The summed E-state index contributed by atoms with van der Waals surface area (Å²) in [5.41, 5.74) is 0.677. The summed E-state index contributed by atoms with van der Waals surface area (Å²) in [5, 5.41) is 1.46. The van der Waals surface area contributed by atoms with Crippen molar-refractivity contribution >= 4 is 22.9 Å². The molecule has 0 radical (unpaired) electrons. The highest BCUT2D eigenvalue weighted by molar-refractivity contribution is 7.10. The van der Waals surface area contributed by atoms with Gasteiger partial charge in [0.1, 0.15) is 5.75 Å². The molecular formula is C13H12ClFO2S. The maximum Gasteiger partial charge on any atom is 0.165 e. The molecule has 18 heavy (non-hydrogen) atoms. The van der Waals surface area contributed by atoms with Crippen molar-refractivity contribution < 1.29 is 13.9 Å². The van der Waals surface area contributed by atoms with Crippen LogP contribution in [0.4, 0.5) is 4.39 Å². The molecule has 1 unspecified atom stereocenters. The molecule has 1 atom stereocenters. The molecule has 0 aliphatic rings. The monoisotopic (exact) mass is 286 g/mol. The van der Waals surface area contributed by atoms with E-state index in [1.165, 1.54) is 24.5 Å². The lowest BCUT2D eigenvalue weighted by molar-refractivity contribution is 0.386. The zero-order chi connectivity index (χ0) is 13.1. The average molecular weight is 287 g/mol. The Labute approximate surface area is 114 Å². The van der Waals surface area contributed by atoms with Crippen LogP contribution in [-0.2, 0) is 0 Å². The standard InChI is InChI=1S/C13H12ClFO2S/c1-16-10-4-3-8(7-9(10)15)12(14)13-11(17-2)5-6-18-13/h3-7,12H,1-2H3. The molecule has 0 bridgehead atoms. The predicted octanol–water partition coefficient (Wildman–Crippen LogP) is 4.23. The third kappa shape index (κ3) is 2.44. The minimum atomic E-state index is -0.430. The molecule has 96 valence electrons. The SMILES string of the molecule is COc1ccc(C(Cl)c2sccc2OC)cc1F. The van der Waals surface area contributed by atoms with E-state index in [1.54, 1.807) is 19.2 Å². The van der Waals surface area contributed by atoms with Crippen LogP contribution in [0, 0.1) is 5.82 Å². The minimum Gasteiger partial charge on any atom is -0.496 e. The zero-order valence-corrected chi connectivity index (χ0v) is 11.5. The summed E-state index contributed by atoms with van der Waals surface area (Å²) < 4.78 is 23.7. The molecule has 0 aliphatic heterocycles. The first-order valence-corrected chi connectivity index (χ1v) is 6.58. The van der Waals surface area contributed by atoms with Gasteiger partial charge >= 0.3 is 0 Å². The molecule has 0 amide bonds. The Kier molecular flexibility index (Phi) is 4.09. The van der Waals surface area contributed by atoms with Gasteiger partial charge in [-0.15, -0.1) is 22.9 Å². The Balaban J connectivity index is 2.34. The first-order chi connectivity index (χ1) is 8.67. The maximum absolute atomic E-state index is 13.6. The first kappa shape index (κ1) is 13.2. The van der Waals surface area contributed by atoms with Gasteiger partial charge in [0.2, 0.25) is 0 Å². The molecule has 0 spiro atoms. The van der Waals surface area contributed by atoms with Gasteiger partial charge in [-0.1, -0.05) is 6.07 Å². The van der Waals surface area contributed by atoms with E-state index >= 15 is 0 Å². The fraction of sp³-hybridized carbons (Fsp3) is 0.231. The summed E-state index contributed by atoms with van der Waals surface area (Å²) >= 11 is 7.83. The van der Waals surface area contributed by atoms with Gasteiger partial charge in [-0.05, 0) is 29.1 Å². The van der Waals surface area contributed by atoms with Gasteiger partial charge in [0.25, 0.3) is 0 Å². The van der Waals surface area contributed by atoms with E-state index in [-0.39, 0.29) is 5.75 Å². The van der Waals surface area contributed by atoms with Gasteiger partial charge in [-0.2, -0.15) is 0 Å². The average Bonchev–Trinajstić information content (AvgIpc) is 2.86. The van der Waals surface area contributed by atoms with E-state index in [2.05, 4.69) is 0 Å². The van der Waals surface area contributed by atoms with Gasteiger partial charge in [0, 0.05) is 0 Å². The Hall–Kier alpha value is -1.26. The van der Waals surface area contributed by atoms with E-state index in [0.717, 1.165) is 10.6 Å². The topological polar surface area (TPSA) is 18.5 Å². The predicted molar refractivity (Wildman–Crippen MR) is 71.5 cm³/mol. The summed E-state index contributed by atoms with van der Waals surface area (Å²) in [6.45, 7) is 0. The number of hydrogen-bond acceptors (Lipinski definition) is 3. The van der Waals surface area contributed by atoms with Gasteiger partial charge in [-0.3, -0.25) is 0 Å². The van der Waals surface area contributed by atoms with Crippen LogP contribution in [0.5, 0.6) is 11.5 Å². The second-order valence-electron chi connectivity index (χ2n) is 3.61. The number of rotatable bonds is 4. The highest BCUT2D eigenvalue weighted by atomic mass is 35.5. The van der Waals surface area contributed by atoms with Crippen LogP contribution in [0.15, 0.2) is 29.6 Å². The van der Waals surface area contributed by atoms with Crippen molar-refractivity contribution in [2.45, 2.75) is 5.38 Å². The molecule has 0 fully saturated rings. The first-order valence-electron chi connectivity index (χ1n) is 5.26. The highest BCUT2D eigenvalue weighted by Gasteiger charge is 2.18. The molecule has 5 heteroatoms. The van der Waals surface area contributed by atoms with Crippen LogP contribution >= 0.6 is 22.9 Å². The van der Waals surface area contributed by atoms with Crippen molar-refractivity contribution in [1.82, 2.24) is 0 Å². The van der Waals surface area contributed by atoms with E-state index in [1.807, 2.05) is 11.4 Å². The smallest absolute Gasteiger partial charge is 0.165 e. The van der Waals surface area contributed by atoms with Crippen molar-refractivity contribution in [3.05, 3.63) is 45.9 Å². The third-order valence-corrected chi connectivity index (χ3v) is 4.14. The fourth-order valence-corrected chi connectivity index (χ4v) is 2.91. The largest absolute Gasteiger partial charge is 0.496 e. The van der Waals surface area contributed by atoms with Gasteiger partial charge in [0.05, 0.1) is 24.5 Å². The number of benzene rings is 1. The van der Waals surface area contributed by atoms with Crippen molar-refractivity contribution in [1.29, 1.82) is 0 Å². The van der Waals surface area contributed by atoms with Crippen molar-refractivity contribution in [2.24, 2.45) is 0 Å². The molecule has 2 nitrogen and oxygen atoms in total. The van der Waals surface area contributed by atoms with Crippen LogP contribution < -0.4 is 9.47 Å². The Bertz CT molecular complexity index is 542. The summed E-state index contributed by atoms with van der Waals surface area (Å²) in [7, 11) is 3.02. The van der Waals surface area contributed by atoms with Crippen molar-refractivity contribution in [3.8, 4) is 11.5 Å². The van der Waals surface area contributed by atoms with E-state index in [4.69, 9.17) is 21.1 Å². The van der Waals surface area contributed by atoms with Gasteiger partial charge < -0.3 is 9.47 Å². The summed E-state index contributed by atoms with van der Waals surface area (Å²) in [4.78, 5) is 0.865. The Morgan fingerprint density at radius 3 is 2.50 bits per heavy atom. The second-order valence-corrected chi connectivity index (χ2v) is 4.99. The number of thiophene rings is 1. The molecule has 0 saturated carbocycles. The number of halogens is 2. The number of alkyl halides is 1. The highest BCUT2D eigenvalue weighted by Crippen LogP contribution is 2.39. The molecule has 0 aliphatic carbocycles. The van der Waals surface area contributed by atoms with Crippen LogP contribution in [-0.4, -0.2) is 14.2 Å². The number of ether oxygens (including phenoxy) is 2. The summed E-state index contributed by atoms with van der Waals surface area (Å²) in [6.07, 6.45) is 0. The van der Waals surface area contributed by atoms with Crippen LogP contribution in [0.2, 0.25) is 0 Å². The molecule has 0 saturated heterocycles. The third-order valence-electron chi connectivity index (χ3n) is 2.58. The van der Waals surface area contributed by atoms with Crippen molar-refractivity contribution in [3.63, 3.8) is 0 Å². The van der Waals surface area contributed by atoms with E-state index in [0.29, 0.717) is 5.56 Å².